The van der Waals surface area contributed by atoms with Gasteiger partial charge in [-0.15, -0.1) is 5.10 Å². The van der Waals surface area contributed by atoms with Crippen molar-refractivity contribution in [3.63, 3.8) is 0 Å². The number of fused-ring (bicyclic) bond motifs is 1. The maximum absolute atomic E-state index is 13.5. The molecule has 2 heterocycles. The van der Waals surface area contributed by atoms with Crippen LogP contribution in [0.4, 0.5) is 9.18 Å². The van der Waals surface area contributed by atoms with E-state index in [9.17, 15) is 14.0 Å². The Morgan fingerprint density at radius 3 is 2.51 bits per heavy atom. The van der Waals surface area contributed by atoms with E-state index in [0.717, 1.165) is 17.5 Å². The van der Waals surface area contributed by atoms with Gasteiger partial charge in [0.15, 0.2) is 0 Å². The molecule has 1 aliphatic heterocycles. The van der Waals surface area contributed by atoms with Crippen LogP contribution in [0, 0.1) is 5.82 Å². The Balaban J connectivity index is 1.58. The van der Waals surface area contributed by atoms with Crippen LogP contribution < -0.4 is 10.1 Å². The minimum absolute atomic E-state index is 0.0327. The van der Waals surface area contributed by atoms with E-state index in [0.29, 0.717) is 32.6 Å². The molecule has 7 nitrogen and oxygen atoms in total. The second kappa shape index (κ2) is 11.3. The summed E-state index contributed by atoms with van der Waals surface area (Å²) >= 11 is 12.7. The number of aromatic nitrogens is 2. The van der Waals surface area contributed by atoms with Crippen molar-refractivity contribution in [3.8, 4) is 11.6 Å². The zero-order valence-electron chi connectivity index (χ0n) is 20.8. The minimum Gasteiger partial charge on any atom is -0.389 e. The smallest absolute Gasteiger partial charge is 0.389 e. The van der Waals surface area contributed by atoms with Gasteiger partial charge in [-0.25, -0.2) is 13.9 Å². The van der Waals surface area contributed by atoms with Crippen molar-refractivity contribution in [1.82, 2.24) is 20.0 Å². The van der Waals surface area contributed by atoms with Gasteiger partial charge >= 0.3 is 6.09 Å². The highest BCUT2D eigenvalue weighted by atomic mass is 35.5. The van der Waals surface area contributed by atoms with Gasteiger partial charge in [-0.1, -0.05) is 65.7 Å². The van der Waals surface area contributed by atoms with E-state index in [2.05, 4.69) is 10.4 Å². The van der Waals surface area contributed by atoms with E-state index in [4.69, 9.17) is 27.9 Å². The lowest BCUT2D eigenvalue weighted by Crippen LogP contribution is -2.31. The van der Waals surface area contributed by atoms with Gasteiger partial charge in [0.1, 0.15) is 5.82 Å². The van der Waals surface area contributed by atoms with Crippen molar-refractivity contribution >= 4 is 47.4 Å². The molecule has 1 atom stereocenters. The summed E-state index contributed by atoms with van der Waals surface area (Å²) in [5.74, 6) is -0.328. The van der Waals surface area contributed by atoms with Gasteiger partial charge in [0.2, 0.25) is 12.3 Å². The Morgan fingerprint density at radius 1 is 1.08 bits per heavy atom. The number of nitrogens with one attached hydrogen (secondary N) is 1. The third kappa shape index (κ3) is 5.82. The van der Waals surface area contributed by atoms with Crippen molar-refractivity contribution in [3.05, 3.63) is 111 Å². The number of hydrogen-bond donors (Lipinski definition) is 1. The van der Waals surface area contributed by atoms with Crippen LogP contribution in [0.1, 0.15) is 35.3 Å². The molecular formula is C29H23Cl2FN4O3. The molecule has 0 fully saturated rings. The van der Waals surface area contributed by atoms with Crippen LogP contribution in [0.2, 0.25) is 10.0 Å². The summed E-state index contributed by atoms with van der Waals surface area (Å²) in [6, 6.07) is 20.1. The van der Waals surface area contributed by atoms with Crippen LogP contribution in [-0.2, 0) is 11.3 Å². The molecule has 1 aliphatic rings. The van der Waals surface area contributed by atoms with Crippen LogP contribution in [0.3, 0.4) is 0 Å². The van der Waals surface area contributed by atoms with Gasteiger partial charge in [0.05, 0.1) is 34.6 Å². The number of nitrogens with zero attached hydrogens (tertiary/aromatic N) is 3. The summed E-state index contributed by atoms with van der Waals surface area (Å²) in [6.07, 6.45) is 1.85. The van der Waals surface area contributed by atoms with Gasteiger partial charge in [0, 0.05) is 11.6 Å². The third-order valence-electron chi connectivity index (χ3n) is 6.31. The molecule has 3 aromatic carbocycles. The molecule has 1 N–H and O–H groups in total. The van der Waals surface area contributed by atoms with E-state index < -0.39 is 6.09 Å². The fourth-order valence-electron chi connectivity index (χ4n) is 4.43. The molecule has 0 radical (unpaired) electrons. The summed E-state index contributed by atoms with van der Waals surface area (Å²) in [6.45, 7) is 2.25. The summed E-state index contributed by atoms with van der Waals surface area (Å²) in [5, 5.41) is 8.21. The van der Waals surface area contributed by atoms with E-state index >= 15 is 0 Å². The highest BCUT2D eigenvalue weighted by molar-refractivity contribution is 6.35. The summed E-state index contributed by atoms with van der Waals surface area (Å²) in [5.41, 5.74) is 3.97. The molecule has 198 valence electrons. The maximum atomic E-state index is 13.5. The van der Waals surface area contributed by atoms with Crippen LogP contribution >= 0.6 is 23.2 Å². The highest BCUT2D eigenvalue weighted by Gasteiger charge is 2.31. The molecule has 0 aliphatic carbocycles. The topological polar surface area (TPSA) is 76.5 Å². The number of amides is 2. The second-order valence-electron chi connectivity index (χ2n) is 9.04. The molecule has 1 aromatic heterocycles. The lowest BCUT2D eigenvalue weighted by atomic mass is 9.99. The Bertz CT molecular complexity index is 1560. The fraction of sp³-hybridized carbons (Fsp3) is 0.138. The molecule has 0 saturated carbocycles. The van der Waals surface area contributed by atoms with Crippen LogP contribution in [0.15, 0.2) is 72.8 Å². The second-order valence-corrected chi connectivity index (χ2v) is 9.88. The number of carbonyl (C=O) groups excluding carboxylic acids is 2. The summed E-state index contributed by atoms with van der Waals surface area (Å²) < 4.78 is 20.8. The average Bonchev–Trinajstić information content (AvgIpc) is 3.28. The maximum Gasteiger partial charge on any atom is 0.414 e. The molecule has 39 heavy (non-hydrogen) atoms. The third-order valence-corrected chi connectivity index (χ3v) is 6.84. The quantitative estimate of drug-likeness (QED) is 0.265. The standard InChI is InChI=1S/C29H23Cl2FN4O3/c1-18(20-5-3-2-4-6-20)33-29(38)39-28-24-16-35(17-37)15-21(13-19-7-10-23(32)11-8-19)27(24)36(34-28)26-12-9-22(30)14-25(26)31/h2-14,17-18H,15-16H2,1H3,(H,33,38)/b21-13+/t18-/m1/s1. The van der Waals surface area contributed by atoms with E-state index in [1.54, 1.807) is 35.0 Å². The van der Waals surface area contributed by atoms with E-state index in [-0.39, 0.29) is 30.8 Å². The molecule has 0 saturated heterocycles. The average molecular weight is 565 g/mol. The predicted molar refractivity (Wildman–Crippen MR) is 148 cm³/mol. The Morgan fingerprint density at radius 2 is 1.82 bits per heavy atom. The van der Waals surface area contributed by atoms with E-state index in [1.165, 1.54) is 17.0 Å². The zero-order chi connectivity index (χ0) is 27.5. The largest absolute Gasteiger partial charge is 0.414 e. The first-order valence-electron chi connectivity index (χ1n) is 12.1. The van der Waals surface area contributed by atoms with Crippen molar-refractivity contribution in [1.29, 1.82) is 0 Å². The van der Waals surface area contributed by atoms with Gasteiger partial charge in [-0.3, -0.25) is 4.79 Å². The van der Waals surface area contributed by atoms with Gasteiger partial charge in [-0.2, -0.15) is 0 Å². The van der Waals surface area contributed by atoms with Gasteiger partial charge in [0.25, 0.3) is 0 Å². The first kappa shape index (κ1) is 26.5. The SMILES string of the molecule is C[C@@H](NC(=O)Oc1nn(-c2ccc(Cl)cc2Cl)c2c1CN(C=O)C/C2=C\c1ccc(F)cc1)c1ccccc1. The lowest BCUT2D eigenvalue weighted by Gasteiger charge is -2.26. The van der Waals surface area contributed by atoms with Crippen molar-refractivity contribution in [2.75, 3.05) is 6.54 Å². The van der Waals surface area contributed by atoms with Crippen LogP contribution in [-0.4, -0.2) is 33.7 Å². The number of carbonyl (C=O) groups is 2. The highest BCUT2D eigenvalue weighted by Crippen LogP contribution is 2.38. The molecule has 0 spiro atoms. The molecular weight excluding hydrogens is 542 g/mol. The Labute approximate surface area is 234 Å². The van der Waals surface area contributed by atoms with Crippen molar-refractivity contribution in [2.45, 2.75) is 19.5 Å². The van der Waals surface area contributed by atoms with Crippen LogP contribution in [0.5, 0.6) is 5.88 Å². The molecule has 5 rings (SSSR count). The van der Waals surface area contributed by atoms with Crippen molar-refractivity contribution in [2.24, 2.45) is 0 Å². The first-order valence-corrected chi connectivity index (χ1v) is 12.8. The Kier molecular flexibility index (Phi) is 7.67. The monoisotopic (exact) mass is 564 g/mol. The minimum atomic E-state index is -0.701. The number of halogens is 3. The van der Waals surface area contributed by atoms with Gasteiger partial charge in [-0.05, 0) is 60.0 Å². The fourth-order valence-corrected chi connectivity index (χ4v) is 4.92. The molecule has 0 unspecified atom stereocenters. The zero-order valence-corrected chi connectivity index (χ0v) is 22.3. The number of ether oxygens (including phenoxy) is 1. The van der Waals surface area contributed by atoms with Crippen LogP contribution in [0.25, 0.3) is 17.3 Å². The van der Waals surface area contributed by atoms with Gasteiger partial charge < -0.3 is 15.0 Å². The molecule has 10 heteroatoms. The molecule has 0 bridgehead atoms. The lowest BCUT2D eigenvalue weighted by molar-refractivity contribution is -0.118. The van der Waals surface area contributed by atoms with Crippen molar-refractivity contribution < 1.29 is 18.7 Å². The first-order chi connectivity index (χ1) is 18.8. The summed E-state index contributed by atoms with van der Waals surface area (Å²) in [7, 11) is 0. The number of rotatable bonds is 6. The molecule has 4 aromatic rings. The molecule has 2 amide bonds. The Hall–Kier alpha value is -4.14. The number of hydrogen-bond acceptors (Lipinski definition) is 4. The summed E-state index contributed by atoms with van der Waals surface area (Å²) in [4.78, 5) is 26.4. The number of benzene rings is 3. The van der Waals surface area contributed by atoms with E-state index in [1.807, 2.05) is 43.3 Å². The normalized spacial score (nSPS) is 14.6. The predicted octanol–water partition coefficient (Wildman–Crippen LogP) is 6.68.